The van der Waals surface area contributed by atoms with Crippen molar-refractivity contribution in [1.29, 1.82) is 0 Å². The second-order valence-corrected chi connectivity index (χ2v) is 6.60. The minimum atomic E-state index is -0.881. The Labute approximate surface area is 136 Å². The van der Waals surface area contributed by atoms with E-state index in [-0.39, 0.29) is 0 Å². The molecule has 0 bridgehead atoms. The van der Waals surface area contributed by atoms with E-state index in [1.165, 1.54) is 0 Å². The average Bonchev–Trinajstić information content (AvgIpc) is 3.19. The first-order valence-corrected chi connectivity index (χ1v) is 8.48. The first-order chi connectivity index (χ1) is 10.7. The molecule has 2 heterocycles. The summed E-state index contributed by atoms with van der Waals surface area (Å²) in [5, 5.41) is 17.5. The zero-order valence-electron chi connectivity index (χ0n) is 11.6. The molecule has 4 nitrogen and oxygen atoms in total. The lowest BCUT2D eigenvalue weighted by Gasteiger charge is -2.13. The van der Waals surface area contributed by atoms with Gasteiger partial charge < -0.3 is 5.11 Å². The van der Waals surface area contributed by atoms with Gasteiger partial charge >= 0.3 is 5.97 Å². The number of aromatic nitrogens is 1. The zero-order chi connectivity index (χ0) is 15.4. The van der Waals surface area contributed by atoms with Crippen LogP contribution in [0.4, 0.5) is 0 Å². The third-order valence-corrected chi connectivity index (χ3v) is 4.91. The molecule has 3 aromatic rings. The van der Waals surface area contributed by atoms with Crippen molar-refractivity contribution in [3.05, 3.63) is 63.8 Å². The van der Waals surface area contributed by atoms with E-state index in [0.717, 1.165) is 21.0 Å². The molecule has 0 aliphatic heterocycles. The monoisotopic (exact) mass is 330 g/mol. The van der Waals surface area contributed by atoms with Gasteiger partial charge in [0, 0.05) is 28.6 Å². The van der Waals surface area contributed by atoms with E-state index < -0.39 is 12.0 Å². The number of benzene rings is 1. The molecule has 0 radical (unpaired) electrons. The highest BCUT2D eigenvalue weighted by molar-refractivity contribution is 7.15. The smallest absolute Gasteiger partial charge is 0.325 e. The van der Waals surface area contributed by atoms with E-state index in [9.17, 15) is 9.90 Å². The van der Waals surface area contributed by atoms with Gasteiger partial charge in [0.1, 0.15) is 11.0 Å². The average molecular weight is 330 g/mol. The highest BCUT2D eigenvalue weighted by atomic mass is 32.1. The number of carboxylic acid groups (broad SMARTS) is 1. The topological polar surface area (TPSA) is 62.2 Å². The molecule has 2 N–H and O–H groups in total. The van der Waals surface area contributed by atoms with Crippen LogP contribution in [0, 0.1) is 0 Å². The molecule has 22 heavy (non-hydrogen) atoms. The van der Waals surface area contributed by atoms with Crippen LogP contribution in [0.3, 0.4) is 0 Å². The standard InChI is InChI=1S/C16H14N2O2S2/c19-16(20)14(11-4-2-1-3-5-11)17-8-13-9-18-15(22-13)12-6-7-21-10-12/h1-7,9-10,14,17H,8H2,(H,19,20)/t14-/m1/s1. The number of rotatable bonds is 6. The molecule has 0 saturated heterocycles. The highest BCUT2D eigenvalue weighted by Crippen LogP contribution is 2.27. The summed E-state index contributed by atoms with van der Waals surface area (Å²) in [6, 6.07) is 10.5. The molecule has 0 fully saturated rings. The molecule has 2 aromatic heterocycles. The van der Waals surface area contributed by atoms with Crippen LogP contribution in [-0.2, 0) is 11.3 Å². The van der Waals surface area contributed by atoms with E-state index in [1.54, 1.807) is 28.9 Å². The van der Waals surface area contributed by atoms with Crippen LogP contribution in [0.2, 0.25) is 0 Å². The van der Waals surface area contributed by atoms with Crippen molar-refractivity contribution in [2.24, 2.45) is 0 Å². The Kier molecular flexibility index (Phi) is 4.62. The normalized spacial score (nSPS) is 12.2. The largest absolute Gasteiger partial charge is 0.480 e. The molecule has 0 saturated carbocycles. The number of carboxylic acids is 1. The van der Waals surface area contributed by atoms with Gasteiger partial charge in [0.05, 0.1) is 0 Å². The van der Waals surface area contributed by atoms with Crippen molar-refractivity contribution in [1.82, 2.24) is 10.3 Å². The SMILES string of the molecule is O=C(O)[C@H](NCc1cnc(-c2ccsc2)s1)c1ccccc1. The van der Waals surface area contributed by atoms with Crippen LogP contribution in [0.1, 0.15) is 16.5 Å². The number of thiophene rings is 1. The molecule has 0 aliphatic carbocycles. The maximum Gasteiger partial charge on any atom is 0.325 e. The van der Waals surface area contributed by atoms with Gasteiger partial charge in [0.2, 0.25) is 0 Å². The summed E-state index contributed by atoms with van der Waals surface area (Å²) in [7, 11) is 0. The highest BCUT2D eigenvalue weighted by Gasteiger charge is 2.19. The molecule has 1 aromatic carbocycles. The fraction of sp³-hybridized carbons (Fsp3) is 0.125. The van der Waals surface area contributed by atoms with Gasteiger partial charge in [-0.2, -0.15) is 11.3 Å². The van der Waals surface area contributed by atoms with Gasteiger partial charge in [0.15, 0.2) is 0 Å². The van der Waals surface area contributed by atoms with Gasteiger partial charge in [-0.05, 0) is 17.0 Å². The maximum atomic E-state index is 11.4. The summed E-state index contributed by atoms with van der Waals surface area (Å²) in [5.74, 6) is -0.881. The van der Waals surface area contributed by atoms with E-state index in [0.29, 0.717) is 6.54 Å². The molecule has 112 valence electrons. The molecule has 3 rings (SSSR count). The minimum absolute atomic E-state index is 0.480. The molecule has 0 amide bonds. The Morgan fingerprint density at radius 1 is 1.27 bits per heavy atom. The second-order valence-electron chi connectivity index (χ2n) is 4.71. The lowest BCUT2D eigenvalue weighted by atomic mass is 10.1. The van der Waals surface area contributed by atoms with Crippen molar-refractivity contribution in [2.75, 3.05) is 0 Å². The Balaban J connectivity index is 1.69. The van der Waals surface area contributed by atoms with Crippen molar-refractivity contribution < 1.29 is 9.90 Å². The Morgan fingerprint density at radius 3 is 2.77 bits per heavy atom. The molecule has 6 heteroatoms. The minimum Gasteiger partial charge on any atom is -0.480 e. The number of thiazole rings is 1. The quantitative estimate of drug-likeness (QED) is 0.722. The van der Waals surface area contributed by atoms with Crippen molar-refractivity contribution in [2.45, 2.75) is 12.6 Å². The fourth-order valence-electron chi connectivity index (χ4n) is 2.10. The predicted octanol–water partition coefficient (Wildman–Crippen LogP) is 3.79. The van der Waals surface area contributed by atoms with Crippen molar-refractivity contribution >= 4 is 28.6 Å². The van der Waals surface area contributed by atoms with E-state index >= 15 is 0 Å². The van der Waals surface area contributed by atoms with Gasteiger partial charge in [0.25, 0.3) is 0 Å². The predicted molar refractivity (Wildman–Crippen MR) is 89.1 cm³/mol. The molecule has 0 spiro atoms. The van der Waals surface area contributed by atoms with E-state index in [1.807, 2.05) is 41.8 Å². The van der Waals surface area contributed by atoms with Gasteiger partial charge in [-0.25, -0.2) is 4.98 Å². The first kappa shape index (κ1) is 14.9. The van der Waals surface area contributed by atoms with Gasteiger partial charge in [-0.1, -0.05) is 30.3 Å². The number of carbonyl (C=O) groups is 1. The number of hydrogen-bond donors (Lipinski definition) is 2. The molecular formula is C16H14N2O2S2. The molecule has 0 aliphatic rings. The lowest BCUT2D eigenvalue weighted by Crippen LogP contribution is -2.27. The summed E-state index contributed by atoms with van der Waals surface area (Å²) in [6.45, 7) is 0.480. The Hall–Kier alpha value is -2.02. The van der Waals surface area contributed by atoms with Crippen LogP contribution >= 0.6 is 22.7 Å². The van der Waals surface area contributed by atoms with Crippen LogP contribution in [-0.4, -0.2) is 16.1 Å². The fourth-order valence-corrected chi connectivity index (χ4v) is 3.68. The summed E-state index contributed by atoms with van der Waals surface area (Å²) in [6.07, 6.45) is 1.80. The van der Waals surface area contributed by atoms with E-state index in [4.69, 9.17) is 0 Å². The molecular weight excluding hydrogens is 316 g/mol. The van der Waals surface area contributed by atoms with Crippen LogP contribution < -0.4 is 5.32 Å². The molecule has 1 atom stereocenters. The van der Waals surface area contributed by atoms with Crippen molar-refractivity contribution in [3.8, 4) is 10.6 Å². The molecule has 0 unspecified atom stereocenters. The maximum absolute atomic E-state index is 11.4. The Bertz CT molecular complexity index is 739. The third kappa shape index (κ3) is 3.41. The van der Waals surface area contributed by atoms with Crippen LogP contribution in [0.15, 0.2) is 53.4 Å². The van der Waals surface area contributed by atoms with Crippen molar-refractivity contribution in [3.63, 3.8) is 0 Å². The van der Waals surface area contributed by atoms with E-state index in [2.05, 4.69) is 15.7 Å². The lowest BCUT2D eigenvalue weighted by molar-refractivity contribution is -0.139. The van der Waals surface area contributed by atoms with Crippen LogP contribution in [0.5, 0.6) is 0 Å². The number of nitrogens with one attached hydrogen (secondary N) is 1. The Morgan fingerprint density at radius 2 is 2.09 bits per heavy atom. The van der Waals surface area contributed by atoms with Gasteiger partial charge in [-0.15, -0.1) is 11.3 Å². The third-order valence-electron chi connectivity index (χ3n) is 3.18. The summed E-state index contributed by atoms with van der Waals surface area (Å²) >= 11 is 3.22. The summed E-state index contributed by atoms with van der Waals surface area (Å²) < 4.78 is 0. The zero-order valence-corrected chi connectivity index (χ0v) is 13.2. The second kappa shape index (κ2) is 6.83. The van der Waals surface area contributed by atoms with Gasteiger partial charge in [-0.3, -0.25) is 10.1 Å². The number of nitrogens with zero attached hydrogens (tertiary/aromatic N) is 1. The number of aliphatic carboxylic acids is 1. The summed E-state index contributed by atoms with van der Waals surface area (Å²) in [5.41, 5.74) is 1.86. The summed E-state index contributed by atoms with van der Waals surface area (Å²) in [4.78, 5) is 16.8. The number of hydrogen-bond acceptors (Lipinski definition) is 5. The van der Waals surface area contributed by atoms with Crippen LogP contribution in [0.25, 0.3) is 10.6 Å². The first-order valence-electron chi connectivity index (χ1n) is 6.72.